The molecule has 0 aromatic carbocycles. The molecule has 0 aromatic heterocycles. The van der Waals surface area contributed by atoms with Gasteiger partial charge in [-0.15, -0.1) is 0 Å². The Hall–Kier alpha value is -0.170. The van der Waals surface area contributed by atoms with Crippen molar-refractivity contribution in [3.05, 3.63) is 0 Å². The van der Waals surface area contributed by atoms with E-state index in [1.54, 1.807) is 4.31 Å². The lowest BCUT2D eigenvalue weighted by molar-refractivity contribution is 0.243. The molecule has 1 fully saturated rings. The van der Waals surface area contributed by atoms with Crippen LogP contribution in [0.15, 0.2) is 0 Å². The molecule has 1 heterocycles. The molecule has 0 spiro atoms. The summed E-state index contributed by atoms with van der Waals surface area (Å²) in [4.78, 5) is 0. The first kappa shape index (κ1) is 17.9. The van der Waals surface area contributed by atoms with Gasteiger partial charge in [-0.2, -0.15) is 12.7 Å². The third kappa shape index (κ3) is 6.08. The molecule has 0 saturated carbocycles. The van der Waals surface area contributed by atoms with Gasteiger partial charge in [-0.3, -0.25) is 0 Å². The quantitative estimate of drug-likeness (QED) is 0.606. The zero-order valence-corrected chi connectivity index (χ0v) is 13.8. The SMILES string of the molecule is CCCCCNS(=O)(=O)N1CCCCC1CNCCC. The van der Waals surface area contributed by atoms with Crippen LogP contribution in [0.25, 0.3) is 0 Å². The van der Waals surface area contributed by atoms with Crippen molar-refractivity contribution < 1.29 is 8.42 Å². The highest BCUT2D eigenvalue weighted by Crippen LogP contribution is 2.19. The van der Waals surface area contributed by atoms with Crippen LogP contribution in [0.4, 0.5) is 0 Å². The monoisotopic (exact) mass is 305 g/mol. The van der Waals surface area contributed by atoms with Gasteiger partial charge in [0.15, 0.2) is 0 Å². The van der Waals surface area contributed by atoms with Crippen molar-refractivity contribution in [1.82, 2.24) is 14.3 Å². The second-order valence-electron chi connectivity index (χ2n) is 5.57. The van der Waals surface area contributed by atoms with Gasteiger partial charge in [0.25, 0.3) is 10.2 Å². The van der Waals surface area contributed by atoms with Crippen LogP contribution in [0, 0.1) is 0 Å². The summed E-state index contributed by atoms with van der Waals surface area (Å²) in [7, 11) is -3.31. The van der Waals surface area contributed by atoms with Gasteiger partial charge in [0.2, 0.25) is 0 Å². The minimum atomic E-state index is -3.31. The zero-order valence-electron chi connectivity index (χ0n) is 13.0. The molecule has 120 valence electrons. The Bertz CT molecular complexity index is 346. The van der Waals surface area contributed by atoms with E-state index >= 15 is 0 Å². The Morgan fingerprint density at radius 2 is 1.90 bits per heavy atom. The van der Waals surface area contributed by atoms with Crippen molar-refractivity contribution in [2.45, 2.75) is 64.8 Å². The van der Waals surface area contributed by atoms with Crippen LogP contribution in [-0.4, -0.2) is 44.9 Å². The number of hydrogen-bond acceptors (Lipinski definition) is 3. The molecule has 1 atom stereocenters. The van der Waals surface area contributed by atoms with Crippen LogP contribution in [0.5, 0.6) is 0 Å². The molecule has 1 aliphatic rings. The van der Waals surface area contributed by atoms with Crippen LogP contribution in [0.3, 0.4) is 0 Å². The number of piperidine rings is 1. The van der Waals surface area contributed by atoms with Gasteiger partial charge in [-0.1, -0.05) is 33.1 Å². The van der Waals surface area contributed by atoms with Gasteiger partial charge in [-0.25, -0.2) is 4.72 Å². The Balaban J connectivity index is 2.49. The van der Waals surface area contributed by atoms with E-state index in [0.29, 0.717) is 13.1 Å². The van der Waals surface area contributed by atoms with Gasteiger partial charge in [0, 0.05) is 25.7 Å². The van der Waals surface area contributed by atoms with Crippen LogP contribution in [0.2, 0.25) is 0 Å². The third-order valence-electron chi connectivity index (χ3n) is 3.75. The Morgan fingerprint density at radius 1 is 1.10 bits per heavy atom. The van der Waals surface area contributed by atoms with E-state index in [1.807, 2.05) is 0 Å². The van der Waals surface area contributed by atoms with Crippen LogP contribution in [-0.2, 0) is 10.2 Å². The average molecular weight is 305 g/mol. The topological polar surface area (TPSA) is 61.4 Å². The highest BCUT2D eigenvalue weighted by molar-refractivity contribution is 7.87. The molecule has 5 nitrogen and oxygen atoms in total. The second-order valence-corrected chi connectivity index (χ2v) is 7.28. The lowest BCUT2D eigenvalue weighted by Gasteiger charge is -2.34. The molecular formula is C14H31N3O2S. The first-order chi connectivity index (χ1) is 9.61. The fourth-order valence-corrected chi connectivity index (χ4v) is 4.11. The van der Waals surface area contributed by atoms with Crippen molar-refractivity contribution in [1.29, 1.82) is 0 Å². The summed E-state index contributed by atoms with van der Waals surface area (Å²) >= 11 is 0. The summed E-state index contributed by atoms with van der Waals surface area (Å²) < 4.78 is 29.2. The Morgan fingerprint density at radius 3 is 2.60 bits per heavy atom. The molecule has 2 N–H and O–H groups in total. The molecular weight excluding hydrogens is 274 g/mol. The molecule has 0 aliphatic carbocycles. The summed E-state index contributed by atoms with van der Waals surface area (Å²) in [6.07, 6.45) is 7.24. The molecule has 0 bridgehead atoms. The fraction of sp³-hybridized carbons (Fsp3) is 1.00. The normalized spacial score (nSPS) is 21.2. The predicted octanol–water partition coefficient (Wildman–Crippen LogP) is 1.87. The van der Waals surface area contributed by atoms with Crippen molar-refractivity contribution >= 4 is 10.2 Å². The van der Waals surface area contributed by atoms with Crippen molar-refractivity contribution in [2.24, 2.45) is 0 Å². The zero-order chi connectivity index (χ0) is 14.8. The molecule has 1 saturated heterocycles. The second kappa shape index (κ2) is 9.71. The number of nitrogens with one attached hydrogen (secondary N) is 2. The van der Waals surface area contributed by atoms with Crippen molar-refractivity contribution in [3.63, 3.8) is 0 Å². The average Bonchev–Trinajstić information content (AvgIpc) is 2.44. The van der Waals surface area contributed by atoms with Crippen LogP contribution < -0.4 is 10.0 Å². The highest BCUT2D eigenvalue weighted by atomic mass is 32.2. The Labute approximate surface area is 124 Å². The maximum absolute atomic E-state index is 12.4. The van der Waals surface area contributed by atoms with E-state index in [0.717, 1.165) is 58.0 Å². The number of hydrogen-bond donors (Lipinski definition) is 2. The van der Waals surface area contributed by atoms with E-state index in [2.05, 4.69) is 23.9 Å². The fourth-order valence-electron chi connectivity index (χ4n) is 2.60. The number of unbranched alkanes of at least 4 members (excludes halogenated alkanes) is 2. The summed E-state index contributed by atoms with van der Waals surface area (Å²) in [5.74, 6) is 0. The van der Waals surface area contributed by atoms with E-state index < -0.39 is 10.2 Å². The number of nitrogens with zero attached hydrogens (tertiary/aromatic N) is 1. The summed E-state index contributed by atoms with van der Waals surface area (Å²) in [6, 6.07) is 0.110. The standard InChI is InChI=1S/C14H31N3O2S/c1-3-5-7-11-16-20(18,19)17-12-8-6-9-14(17)13-15-10-4-2/h14-16H,3-13H2,1-2H3. The molecule has 1 unspecified atom stereocenters. The minimum absolute atomic E-state index is 0.110. The lowest BCUT2D eigenvalue weighted by atomic mass is 10.1. The van der Waals surface area contributed by atoms with E-state index in [9.17, 15) is 8.42 Å². The Kier molecular flexibility index (Phi) is 8.68. The maximum Gasteiger partial charge on any atom is 0.279 e. The summed E-state index contributed by atoms with van der Waals surface area (Å²) in [5.41, 5.74) is 0. The minimum Gasteiger partial charge on any atom is -0.315 e. The van der Waals surface area contributed by atoms with Gasteiger partial charge in [0.05, 0.1) is 0 Å². The van der Waals surface area contributed by atoms with Crippen molar-refractivity contribution in [2.75, 3.05) is 26.2 Å². The van der Waals surface area contributed by atoms with E-state index in [-0.39, 0.29) is 6.04 Å². The summed E-state index contributed by atoms with van der Waals surface area (Å²) in [5, 5.41) is 3.35. The molecule has 6 heteroatoms. The highest BCUT2D eigenvalue weighted by Gasteiger charge is 2.31. The molecule has 1 rings (SSSR count). The molecule has 20 heavy (non-hydrogen) atoms. The molecule has 1 aliphatic heterocycles. The van der Waals surface area contributed by atoms with Crippen molar-refractivity contribution in [3.8, 4) is 0 Å². The maximum atomic E-state index is 12.4. The van der Waals surface area contributed by atoms with Gasteiger partial charge >= 0.3 is 0 Å². The summed E-state index contributed by atoms with van der Waals surface area (Å²) in [6.45, 7) is 7.17. The molecule has 0 amide bonds. The predicted molar refractivity (Wildman–Crippen MR) is 84.0 cm³/mol. The molecule has 0 aromatic rings. The smallest absolute Gasteiger partial charge is 0.279 e. The first-order valence-electron chi connectivity index (χ1n) is 8.09. The number of rotatable bonds is 10. The van der Waals surface area contributed by atoms with Crippen LogP contribution >= 0.6 is 0 Å². The lowest BCUT2D eigenvalue weighted by Crippen LogP contribution is -2.52. The van der Waals surface area contributed by atoms with Gasteiger partial charge < -0.3 is 5.32 Å². The van der Waals surface area contributed by atoms with Gasteiger partial charge in [-0.05, 0) is 32.2 Å². The molecule has 0 radical (unpaired) electrons. The van der Waals surface area contributed by atoms with Gasteiger partial charge in [0.1, 0.15) is 0 Å². The largest absolute Gasteiger partial charge is 0.315 e. The third-order valence-corrected chi connectivity index (χ3v) is 5.42. The van der Waals surface area contributed by atoms with E-state index in [1.165, 1.54) is 0 Å². The van der Waals surface area contributed by atoms with Crippen LogP contribution in [0.1, 0.15) is 58.8 Å². The van der Waals surface area contributed by atoms with E-state index in [4.69, 9.17) is 0 Å². The first-order valence-corrected chi connectivity index (χ1v) is 9.53.